The van der Waals surface area contributed by atoms with Gasteiger partial charge in [0.25, 0.3) is 11.5 Å². The minimum Gasteiger partial charge on any atom is -0.451 e. The molecule has 0 saturated heterocycles. The Morgan fingerprint density at radius 3 is 2.47 bits per heavy atom. The highest BCUT2D eigenvalue weighted by atomic mass is 16.5. The molecule has 1 aliphatic rings. The van der Waals surface area contributed by atoms with Crippen molar-refractivity contribution >= 4 is 22.6 Å². The lowest BCUT2D eigenvalue weighted by atomic mass is 9.88. The molecule has 3 aromatic carbocycles. The average Bonchev–Trinajstić information content (AvgIpc) is 2.88. The Hall–Kier alpha value is -4.26. The maximum Gasteiger partial charge on any atom is 0.359 e. The Kier molecular flexibility index (Phi) is 5.91. The molecule has 1 N–H and O–H groups in total. The zero-order valence-electron chi connectivity index (χ0n) is 18.4. The van der Waals surface area contributed by atoms with Gasteiger partial charge < -0.3 is 10.1 Å². The van der Waals surface area contributed by atoms with Gasteiger partial charge in [0.2, 0.25) is 0 Å². The van der Waals surface area contributed by atoms with Crippen molar-refractivity contribution < 1.29 is 14.3 Å². The third-order valence-corrected chi connectivity index (χ3v) is 6.04. The number of fused-ring (bicyclic) bond motifs is 2. The van der Waals surface area contributed by atoms with Crippen LogP contribution in [0, 0.1) is 0 Å². The highest BCUT2D eigenvalue weighted by Gasteiger charge is 2.23. The topological polar surface area (TPSA) is 90.3 Å². The van der Waals surface area contributed by atoms with E-state index < -0.39 is 12.6 Å². The molecule has 170 valence electrons. The normalized spacial score (nSPS) is 14.9. The second-order valence-electron chi connectivity index (χ2n) is 8.23. The molecular weight excluding hydrogens is 430 g/mol. The molecule has 0 aliphatic heterocycles. The summed E-state index contributed by atoms with van der Waals surface area (Å²) in [5.41, 5.74) is 2.51. The standard InChI is InChI=1S/C27H23N3O4/c31-24(28-23-16-8-10-18-9-4-5-13-20(18)23)17-34-27(33)25-21-14-6-7-15-22(21)26(32)30(29-25)19-11-2-1-3-12-19/h1-7,9,11-15,23H,8,10,16-17H2,(H,28,31)/t23-/m1/s1. The number of aryl methyl sites for hydroxylation is 1. The molecule has 0 radical (unpaired) electrons. The van der Waals surface area contributed by atoms with Gasteiger partial charge in [-0.3, -0.25) is 9.59 Å². The molecule has 0 saturated carbocycles. The van der Waals surface area contributed by atoms with Crippen LogP contribution in [0.5, 0.6) is 0 Å². The van der Waals surface area contributed by atoms with Crippen LogP contribution < -0.4 is 10.9 Å². The Morgan fingerprint density at radius 1 is 0.941 bits per heavy atom. The number of carbonyl (C=O) groups is 2. The molecule has 34 heavy (non-hydrogen) atoms. The largest absolute Gasteiger partial charge is 0.451 e. The smallest absolute Gasteiger partial charge is 0.359 e. The first kappa shape index (κ1) is 21.6. The molecule has 0 fully saturated rings. The van der Waals surface area contributed by atoms with Crippen LogP contribution in [0.25, 0.3) is 16.5 Å². The number of nitrogens with zero attached hydrogens (tertiary/aromatic N) is 2. The number of benzene rings is 3. The highest BCUT2D eigenvalue weighted by Crippen LogP contribution is 2.29. The van der Waals surface area contributed by atoms with Crippen molar-refractivity contribution in [3.8, 4) is 5.69 Å². The summed E-state index contributed by atoms with van der Waals surface area (Å²) in [6.07, 6.45) is 2.82. The third-order valence-electron chi connectivity index (χ3n) is 6.04. The SMILES string of the molecule is O=C(COC(=O)c1nn(-c2ccccc2)c(=O)c2ccccc12)N[C@@H]1CCCc2ccccc21. The maximum absolute atomic E-state index is 13.0. The molecule has 4 aromatic rings. The number of nitrogens with one attached hydrogen (secondary N) is 1. The summed E-state index contributed by atoms with van der Waals surface area (Å²) in [7, 11) is 0. The van der Waals surface area contributed by atoms with Gasteiger partial charge in [-0.15, -0.1) is 0 Å². The van der Waals surface area contributed by atoms with E-state index in [1.807, 2.05) is 24.3 Å². The van der Waals surface area contributed by atoms with E-state index in [0.717, 1.165) is 24.8 Å². The fourth-order valence-corrected chi connectivity index (χ4v) is 4.42. The number of hydrogen-bond donors (Lipinski definition) is 1. The minimum absolute atomic E-state index is 0.0186. The van der Waals surface area contributed by atoms with Gasteiger partial charge in [-0.2, -0.15) is 9.78 Å². The second-order valence-corrected chi connectivity index (χ2v) is 8.23. The average molecular weight is 453 g/mol. The van der Waals surface area contributed by atoms with Crippen LogP contribution in [-0.2, 0) is 16.0 Å². The fraction of sp³-hybridized carbons (Fsp3) is 0.185. The zero-order chi connectivity index (χ0) is 23.5. The summed E-state index contributed by atoms with van der Waals surface area (Å²) in [6, 6.07) is 23.5. The Labute approximate surface area is 196 Å². The van der Waals surface area contributed by atoms with E-state index in [2.05, 4.69) is 16.5 Å². The predicted molar refractivity (Wildman–Crippen MR) is 128 cm³/mol. The van der Waals surface area contributed by atoms with E-state index in [1.165, 1.54) is 10.2 Å². The van der Waals surface area contributed by atoms with Gasteiger partial charge in [0.15, 0.2) is 12.3 Å². The van der Waals surface area contributed by atoms with Gasteiger partial charge in [-0.25, -0.2) is 4.79 Å². The summed E-state index contributed by atoms with van der Waals surface area (Å²) in [4.78, 5) is 38.5. The lowest BCUT2D eigenvalue weighted by Crippen LogP contribution is -2.34. The predicted octanol–water partition coefficient (Wildman–Crippen LogP) is 3.74. The first-order valence-electron chi connectivity index (χ1n) is 11.2. The van der Waals surface area contributed by atoms with E-state index in [-0.39, 0.29) is 23.2 Å². The first-order chi connectivity index (χ1) is 16.6. The lowest BCUT2D eigenvalue weighted by molar-refractivity contribution is -0.125. The number of rotatable bonds is 5. The van der Waals surface area contributed by atoms with Crippen LogP contribution in [0.4, 0.5) is 0 Å². The molecule has 0 unspecified atom stereocenters. The fourth-order valence-electron chi connectivity index (χ4n) is 4.42. The lowest BCUT2D eigenvalue weighted by Gasteiger charge is -2.26. The van der Waals surface area contributed by atoms with E-state index in [0.29, 0.717) is 16.5 Å². The number of ether oxygens (including phenoxy) is 1. The van der Waals surface area contributed by atoms with E-state index in [9.17, 15) is 14.4 Å². The Balaban J connectivity index is 1.37. The van der Waals surface area contributed by atoms with Crippen molar-refractivity contribution in [2.45, 2.75) is 25.3 Å². The van der Waals surface area contributed by atoms with Gasteiger partial charge in [-0.1, -0.05) is 60.7 Å². The van der Waals surface area contributed by atoms with Crippen molar-refractivity contribution in [3.05, 3.63) is 106 Å². The first-order valence-corrected chi connectivity index (χ1v) is 11.2. The number of esters is 1. The molecule has 7 heteroatoms. The Morgan fingerprint density at radius 2 is 1.65 bits per heavy atom. The van der Waals surface area contributed by atoms with Crippen molar-refractivity contribution in [2.75, 3.05) is 6.61 Å². The molecule has 1 heterocycles. The summed E-state index contributed by atoms with van der Waals surface area (Å²) in [5.74, 6) is -1.14. The monoisotopic (exact) mass is 453 g/mol. The van der Waals surface area contributed by atoms with E-state index in [4.69, 9.17) is 4.74 Å². The van der Waals surface area contributed by atoms with Crippen molar-refractivity contribution in [1.29, 1.82) is 0 Å². The van der Waals surface area contributed by atoms with Crippen molar-refractivity contribution in [2.24, 2.45) is 0 Å². The van der Waals surface area contributed by atoms with E-state index in [1.54, 1.807) is 48.5 Å². The van der Waals surface area contributed by atoms with Crippen LogP contribution in [-0.4, -0.2) is 28.3 Å². The van der Waals surface area contributed by atoms with Crippen LogP contribution in [0.3, 0.4) is 0 Å². The summed E-state index contributed by atoms with van der Waals surface area (Å²) >= 11 is 0. The van der Waals surface area contributed by atoms with Crippen molar-refractivity contribution in [3.63, 3.8) is 0 Å². The summed E-state index contributed by atoms with van der Waals surface area (Å²) in [6.45, 7) is -0.433. The van der Waals surface area contributed by atoms with Gasteiger partial charge in [0.1, 0.15) is 0 Å². The highest BCUT2D eigenvalue weighted by molar-refractivity contribution is 6.02. The number of carbonyl (C=O) groups excluding carboxylic acids is 2. The number of aromatic nitrogens is 2. The van der Waals surface area contributed by atoms with Crippen LogP contribution in [0.1, 0.15) is 40.5 Å². The number of amides is 1. The Bertz CT molecular complexity index is 1430. The van der Waals surface area contributed by atoms with Gasteiger partial charge in [-0.05, 0) is 48.6 Å². The maximum atomic E-state index is 13.0. The molecular formula is C27H23N3O4. The van der Waals surface area contributed by atoms with Crippen molar-refractivity contribution in [1.82, 2.24) is 15.1 Å². The summed E-state index contributed by atoms with van der Waals surface area (Å²) in [5, 5.41) is 7.99. The summed E-state index contributed by atoms with van der Waals surface area (Å²) < 4.78 is 6.51. The third kappa shape index (κ3) is 4.20. The van der Waals surface area contributed by atoms with E-state index >= 15 is 0 Å². The van der Waals surface area contributed by atoms with Crippen LogP contribution >= 0.6 is 0 Å². The minimum atomic E-state index is -0.764. The number of hydrogen-bond acceptors (Lipinski definition) is 5. The quantitative estimate of drug-likeness (QED) is 0.465. The van der Waals surface area contributed by atoms with Gasteiger partial charge in [0.05, 0.1) is 17.1 Å². The molecule has 1 aromatic heterocycles. The molecule has 0 spiro atoms. The van der Waals surface area contributed by atoms with Crippen LogP contribution in [0.2, 0.25) is 0 Å². The molecule has 5 rings (SSSR count). The molecule has 1 aliphatic carbocycles. The van der Waals surface area contributed by atoms with Gasteiger partial charge >= 0.3 is 5.97 Å². The van der Waals surface area contributed by atoms with Crippen LogP contribution in [0.15, 0.2) is 83.7 Å². The number of para-hydroxylation sites is 1. The molecule has 1 atom stereocenters. The molecule has 7 nitrogen and oxygen atoms in total. The van der Waals surface area contributed by atoms with Gasteiger partial charge in [0, 0.05) is 5.39 Å². The molecule has 1 amide bonds. The zero-order valence-corrected chi connectivity index (χ0v) is 18.4. The second kappa shape index (κ2) is 9.31. The molecule has 0 bridgehead atoms.